The summed E-state index contributed by atoms with van der Waals surface area (Å²) in [4.78, 5) is 26.5. The molecule has 0 radical (unpaired) electrons. The van der Waals surface area contributed by atoms with E-state index in [0.29, 0.717) is 24.0 Å². The SMILES string of the molecule is CC1(C)[C@@H]2CC[C@@]1(C)/C(=N/NC(=O)CN1C(=O)CCOc3ccccc31)C2. The van der Waals surface area contributed by atoms with Crippen molar-refractivity contribution >= 4 is 23.2 Å². The van der Waals surface area contributed by atoms with Crippen LogP contribution in [0, 0.1) is 16.7 Å². The third kappa shape index (κ3) is 2.82. The van der Waals surface area contributed by atoms with E-state index in [4.69, 9.17) is 4.74 Å². The number of para-hydroxylation sites is 2. The van der Waals surface area contributed by atoms with Gasteiger partial charge >= 0.3 is 0 Å². The van der Waals surface area contributed by atoms with Crippen molar-refractivity contribution in [2.45, 2.75) is 46.5 Å². The minimum absolute atomic E-state index is 0.0454. The van der Waals surface area contributed by atoms with E-state index in [0.717, 1.165) is 18.6 Å². The van der Waals surface area contributed by atoms with E-state index in [1.54, 1.807) is 6.07 Å². The van der Waals surface area contributed by atoms with Crippen LogP contribution >= 0.6 is 0 Å². The van der Waals surface area contributed by atoms with Crippen LogP contribution < -0.4 is 15.1 Å². The molecule has 0 saturated heterocycles. The molecular formula is C21H27N3O3. The van der Waals surface area contributed by atoms with Gasteiger partial charge in [0.05, 0.1) is 18.7 Å². The lowest BCUT2D eigenvalue weighted by atomic mass is 9.70. The second-order valence-corrected chi connectivity index (χ2v) is 8.63. The topological polar surface area (TPSA) is 71.0 Å². The Morgan fingerprint density at radius 3 is 2.81 bits per heavy atom. The Labute approximate surface area is 159 Å². The summed E-state index contributed by atoms with van der Waals surface area (Å²) in [6, 6.07) is 7.31. The van der Waals surface area contributed by atoms with E-state index in [9.17, 15) is 9.59 Å². The first kappa shape index (κ1) is 18.0. The Morgan fingerprint density at radius 1 is 1.33 bits per heavy atom. The van der Waals surface area contributed by atoms with Gasteiger partial charge in [-0.15, -0.1) is 0 Å². The summed E-state index contributed by atoms with van der Waals surface area (Å²) in [5.41, 5.74) is 4.69. The van der Waals surface area contributed by atoms with E-state index in [1.165, 1.54) is 11.3 Å². The molecule has 2 amide bonds. The number of nitrogens with one attached hydrogen (secondary N) is 1. The van der Waals surface area contributed by atoms with Crippen molar-refractivity contribution in [2.24, 2.45) is 21.8 Å². The molecule has 3 aliphatic rings. The monoisotopic (exact) mass is 369 g/mol. The van der Waals surface area contributed by atoms with Crippen molar-refractivity contribution in [3.63, 3.8) is 0 Å². The van der Waals surface area contributed by atoms with Crippen molar-refractivity contribution in [1.82, 2.24) is 5.43 Å². The number of nitrogens with zero attached hydrogens (tertiary/aromatic N) is 2. The van der Waals surface area contributed by atoms with Crippen LogP contribution in [-0.2, 0) is 9.59 Å². The van der Waals surface area contributed by atoms with Gasteiger partial charge in [-0.3, -0.25) is 14.5 Å². The van der Waals surface area contributed by atoms with Gasteiger partial charge in [-0.2, -0.15) is 5.10 Å². The van der Waals surface area contributed by atoms with Crippen LogP contribution in [0.1, 0.15) is 46.5 Å². The molecule has 1 aromatic rings. The summed E-state index contributed by atoms with van der Waals surface area (Å²) in [5.74, 6) is 0.867. The summed E-state index contributed by atoms with van der Waals surface area (Å²) in [5, 5.41) is 4.49. The fourth-order valence-corrected chi connectivity index (χ4v) is 4.90. The zero-order valence-corrected chi connectivity index (χ0v) is 16.2. The van der Waals surface area contributed by atoms with Crippen molar-refractivity contribution < 1.29 is 14.3 Å². The Hall–Kier alpha value is -2.37. The van der Waals surface area contributed by atoms with E-state index in [2.05, 4.69) is 31.3 Å². The Kier molecular flexibility index (Phi) is 4.24. The van der Waals surface area contributed by atoms with Crippen LogP contribution in [0.2, 0.25) is 0 Å². The number of ether oxygens (including phenoxy) is 1. The van der Waals surface area contributed by atoms with Gasteiger partial charge < -0.3 is 4.74 Å². The van der Waals surface area contributed by atoms with Crippen molar-refractivity contribution in [3.05, 3.63) is 24.3 Å². The van der Waals surface area contributed by atoms with Crippen molar-refractivity contribution in [1.29, 1.82) is 0 Å². The summed E-state index contributed by atoms with van der Waals surface area (Å²) < 4.78 is 5.62. The molecule has 1 heterocycles. The molecule has 2 atom stereocenters. The fourth-order valence-electron chi connectivity index (χ4n) is 4.90. The molecule has 2 bridgehead atoms. The molecule has 6 nitrogen and oxygen atoms in total. The molecule has 0 aromatic heterocycles. The fraction of sp³-hybridized carbons (Fsp3) is 0.571. The maximum Gasteiger partial charge on any atom is 0.260 e. The lowest BCUT2D eigenvalue weighted by molar-refractivity contribution is -0.123. The van der Waals surface area contributed by atoms with Crippen LogP contribution in [0.4, 0.5) is 5.69 Å². The van der Waals surface area contributed by atoms with Gasteiger partial charge in [-0.25, -0.2) is 5.43 Å². The third-order valence-electron chi connectivity index (χ3n) is 7.16. The van der Waals surface area contributed by atoms with E-state index in [1.807, 2.05) is 18.2 Å². The minimum atomic E-state index is -0.281. The zero-order chi connectivity index (χ0) is 19.2. The Balaban J connectivity index is 1.48. The van der Waals surface area contributed by atoms with Crippen LogP contribution in [0.25, 0.3) is 0 Å². The smallest absolute Gasteiger partial charge is 0.260 e. The third-order valence-corrected chi connectivity index (χ3v) is 7.16. The second-order valence-electron chi connectivity index (χ2n) is 8.63. The molecule has 1 N–H and O–H groups in total. The van der Waals surface area contributed by atoms with Gasteiger partial charge in [-0.1, -0.05) is 32.9 Å². The molecular weight excluding hydrogens is 342 g/mol. The Bertz CT molecular complexity index is 817. The van der Waals surface area contributed by atoms with Gasteiger partial charge in [0.1, 0.15) is 12.3 Å². The van der Waals surface area contributed by atoms with Crippen molar-refractivity contribution in [2.75, 3.05) is 18.1 Å². The highest BCUT2D eigenvalue weighted by atomic mass is 16.5. The molecule has 2 fully saturated rings. The van der Waals surface area contributed by atoms with Crippen LogP contribution in [-0.4, -0.2) is 30.7 Å². The number of rotatable bonds is 3. The number of amides is 2. The first-order chi connectivity index (χ1) is 12.8. The normalized spacial score (nSPS) is 30.0. The van der Waals surface area contributed by atoms with Crippen LogP contribution in [0.15, 0.2) is 29.4 Å². The standard InChI is InChI=1S/C21H27N3O3/c1-20(2)14-8-10-21(20,3)17(12-14)22-23-18(25)13-24-15-6-4-5-7-16(15)27-11-9-19(24)26/h4-7,14H,8-13H2,1-3H3,(H,23,25)/b22-17+/t14-,21+/m1/s1. The maximum absolute atomic E-state index is 12.6. The van der Waals surface area contributed by atoms with Crippen LogP contribution in [0.5, 0.6) is 5.75 Å². The number of hydrogen-bond acceptors (Lipinski definition) is 4. The largest absolute Gasteiger partial charge is 0.491 e. The molecule has 1 aliphatic heterocycles. The van der Waals surface area contributed by atoms with Crippen LogP contribution in [0.3, 0.4) is 0 Å². The molecule has 2 saturated carbocycles. The maximum atomic E-state index is 12.6. The highest BCUT2D eigenvalue weighted by molar-refractivity contribution is 6.01. The lowest BCUT2D eigenvalue weighted by Gasteiger charge is -2.34. The molecule has 2 aliphatic carbocycles. The highest BCUT2D eigenvalue weighted by Crippen LogP contribution is 2.63. The molecule has 0 unspecified atom stereocenters. The number of hydrazone groups is 1. The average Bonchev–Trinajstić information content (AvgIpc) is 2.89. The summed E-state index contributed by atoms with van der Waals surface area (Å²) >= 11 is 0. The van der Waals surface area contributed by atoms with Gasteiger partial charge in [0.25, 0.3) is 5.91 Å². The Morgan fingerprint density at radius 2 is 2.11 bits per heavy atom. The molecule has 4 rings (SSSR count). The first-order valence-corrected chi connectivity index (χ1v) is 9.71. The predicted octanol–water partition coefficient (Wildman–Crippen LogP) is 3.12. The van der Waals surface area contributed by atoms with Crippen molar-refractivity contribution in [3.8, 4) is 5.75 Å². The summed E-state index contributed by atoms with van der Waals surface area (Å²) in [6.07, 6.45) is 3.55. The summed E-state index contributed by atoms with van der Waals surface area (Å²) in [6.45, 7) is 7.14. The molecule has 1 aromatic carbocycles. The molecule has 144 valence electrons. The first-order valence-electron chi connectivity index (χ1n) is 9.71. The quantitative estimate of drug-likeness (QED) is 0.832. The number of carbonyl (C=O) groups is 2. The highest BCUT2D eigenvalue weighted by Gasteiger charge is 2.60. The number of carbonyl (C=O) groups excluding carboxylic acids is 2. The molecule has 0 spiro atoms. The van der Waals surface area contributed by atoms with Gasteiger partial charge in [0, 0.05) is 11.1 Å². The van der Waals surface area contributed by atoms with E-state index >= 15 is 0 Å². The van der Waals surface area contributed by atoms with Gasteiger partial charge in [-0.05, 0) is 42.7 Å². The van der Waals surface area contributed by atoms with E-state index in [-0.39, 0.29) is 35.6 Å². The zero-order valence-electron chi connectivity index (χ0n) is 16.2. The predicted molar refractivity (Wildman–Crippen MR) is 104 cm³/mol. The number of anilines is 1. The average molecular weight is 369 g/mol. The summed E-state index contributed by atoms with van der Waals surface area (Å²) in [7, 11) is 0. The minimum Gasteiger partial charge on any atom is -0.491 e. The molecule has 6 heteroatoms. The lowest BCUT2D eigenvalue weighted by Crippen LogP contribution is -2.40. The number of benzene rings is 1. The number of fused-ring (bicyclic) bond motifs is 3. The van der Waals surface area contributed by atoms with Gasteiger partial charge in [0.15, 0.2) is 0 Å². The second kappa shape index (κ2) is 6.36. The van der Waals surface area contributed by atoms with E-state index < -0.39 is 0 Å². The van der Waals surface area contributed by atoms with Gasteiger partial charge in [0.2, 0.25) is 5.91 Å². The number of hydrogen-bond donors (Lipinski definition) is 1. The molecule has 27 heavy (non-hydrogen) atoms.